The van der Waals surface area contributed by atoms with Crippen molar-refractivity contribution in [2.75, 3.05) is 12.4 Å². The second kappa shape index (κ2) is 10.1. The van der Waals surface area contributed by atoms with Crippen LogP contribution in [-0.2, 0) is 4.74 Å². The molecule has 2 rings (SSSR count). The smallest absolute Gasteiger partial charge is 0.338 e. The van der Waals surface area contributed by atoms with Crippen LogP contribution < -0.4 is 10.1 Å². The molecule has 2 aromatic rings. The SMILES string of the molecule is COc1ccc(C(=O)C(C)OC(=O)c2ccc(NC(C#N)=C(C#N)C#N)cc2)cc1. The Balaban J connectivity index is 2.06. The minimum atomic E-state index is -0.995. The number of nitrogens with zero attached hydrogens (tertiary/aromatic N) is 3. The topological polar surface area (TPSA) is 136 Å². The minimum Gasteiger partial charge on any atom is -0.497 e. The standard InChI is InChI=1S/C22H16N4O4/c1-14(21(27)15-5-9-19(29-2)10-6-15)30-22(28)16-3-7-18(8-4-16)26-20(13-25)17(11-23)12-24/h3-10,14,26H,1-2H3. The summed E-state index contributed by atoms with van der Waals surface area (Å²) < 4.78 is 10.3. The van der Waals surface area contributed by atoms with Crippen molar-refractivity contribution in [3.05, 3.63) is 70.9 Å². The second-order valence-corrected chi connectivity index (χ2v) is 5.93. The number of methoxy groups -OCH3 is 1. The molecule has 1 atom stereocenters. The molecular weight excluding hydrogens is 384 g/mol. The van der Waals surface area contributed by atoms with Crippen molar-refractivity contribution < 1.29 is 19.1 Å². The van der Waals surface area contributed by atoms with Crippen LogP contribution in [0.4, 0.5) is 5.69 Å². The maximum Gasteiger partial charge on any atom is 0.338 e. The summed E-state index contributed by atoms with van der Waals surface area (Å²) in [7, 11) is 1.52. The average molecular weight is 400 g/mol. The Morgan fingerprint density at radius 2 is 1.47 bits per heavy atom. The lowest BCUT2D eigenvalue weighted by atomic mass is 10.1. The Morgan fingerprint density at radius 3 is 1.97 bits per heavy atom. The Labute approximate surface area is 173 Å². The Kier molecular flexibility index (Phi) is 7.28. The van der Waals surface area contributed by atoms with Crippen LogP contribution >= 0.6 is 0 Å². The van der Waals surface area contributed by atoms with Gasteiger partial charge in [-0.25, -0.2) is 4.79 Å². The molecule has 0 amide bonds. The molecule has 0 heterocycles. The number of rotatable bonds is 7. The second-order valence-electron chi connectivity index (χ2n) is 5.93. The van der Waals surface area contributed by atoms with E-state index in [2.05, 4.69) is 5.32 Å². The minimum absolute atomic E-state index is 0.193. The van der Waals surface area contributed by atoms with Crippen LogP contribution in [0.25, 0.3) is 0 Å². The van der Waals surface area contributed by atoms with Gasteiger partial charge in [0.2, 0.25) is 5.78 Å². The van der Waals surface area contributed by atoms with E-state index in [-0.39, 0.29) is 22.6 Å². The highest BCUT2D eigenvalue weighted by Gasteiger charge is 2.20. The highest BCUT2D eigenvalue weighted by atomic mass is 16.5. The van der Waals surface area contributed by atoms with Crippen molar-refractivity contribution in [1.29, 1.82) is 15.8 Å². The molecule has 0 radical (unpaired) electrons. The highest BCUT2D eigenvalue weighted by molar-refractivity contribution is 6.01. The third-order valence-electron chi connectivity index (χ3n) is 4.00. The predicted octanol–water partition coefficient (Wildman–Crippen LogP) is 3.36. The Hall–Kier alpha value is -4.61. The number of allylic oxidation sites excluding steroid dienone is 2. The van der Waals surface area contributed by atoms with E-state index in [0.29, 0.717) is 17.0 Å². The first kappa shape index (κ1) is 21.7. The van der Waals surface area contributed by atoms with Crippen molar-refractivity contribution >= 4 is 17.4 Å². The summed E-state index contributed by atoms with van der Waals surface area (Å²) in [4.78, 5) is 24.7. The van der Waals surface area contributed by atoms with E-state index < -0.39 is 12.1 Å². The van der Waals surface area contributed by atoms with Gasteiger partial charge in [-0.15, -0.1) is 0 Å². The lowest BCUT2D eigenvalue weighted by Gasteiger charge is -2.13. The Morgan fingerprint density at radius 1 is 0.900 bits per heavy atom. The number of hydrogen-bond donors (Lipinski definition) is 1. The van der Waals surface area contributed by atoms with Crippen LogP contribution in [0, 0.1) is 34.0 Å². The van der Waals surface area contributed by atoms with Gasteiger partial charge >= 0.3 is 5.97 Å². The van der Waals surface area contributed by atoms with Gasteiger partial charge in [0, 0.05) is 11.3 Å². The molecule has 0 aromatic heterocycles. The summed E-state index contributed by atoms with van der Waals surface area (Å²) in [5, 5.41) is 29.4. The zero-order valence-corrected chi connectivity index (χ0v) is 16.2. The molecule has 0 aliphatic carbocycles. The summed E-state index contributed by atoms with van der Waals surface area (Å²) in [5.41, 5.74) is 0.421. The maximum atomic E-state index is 12.4. The number of anilines is 1. The number of carbonyl (C=O) groups is 2. The summed E-state index contributed by atoms with van der Waals surface area (Å²) in [6, 6.07) is 17.3. The number of benzene rings is 2. The van der Waals surface area contributed by atoms with Crippen LogP contribution in [0.2, 0.25) is 0 Å². The summed E-state index contributed by atoms with van der Waals surface area (Å²) in [5.74, 6) is -0.439. The summed E-state index contributed by atoms with van der Waals surface area (Å²) in [6.07, 6.45) is -0.995. The average Bonchev–Trinajstić information content (AvgIpc) is 2.78. The van der Waals surface area contributed by atoms with E-state index in [1.165, 1.54) is 38.3 Å². The number of esters is 1. The van der Waals surface area contributed by atoms with Gasteiger partial charge in [-0.1, -0.05) is 0 Å². The third kappa shape index (κ3) is 5.22. The molecule has 0 aliphatic heterocycles. The van der Waals surface area contributed by atoms with Gasteiger partial charge in [-0.05, 0) is 55.5 Å². The highest BCUT2D eigenvalue weighted by Crippen LogP contribution is 2.17. The van der Waals surface area contributed by atoms with Crippen LogP contribution in [0.3, 0.4) is 0 Å². The predicted molar refractivity (Wildman–Crippen MR) is 106 cm³/mol. The number of carbonyl (C=O) groups excluding carboxylic acids is 2. The number of ether oxygens (including phenoxy) is 2. The Bertz CT molecular complexity index is 1080. The van der Waals surface area contributed by atoms with Crippen LogP contribution in [-0.4, -0.2) is 25.0 Å². The lowest BCUT2D eigenvalue weighted by molar-refractivity contribution is 0.0319. The normalized spacial score (nSPS) is 10.4. The number of nitrogens with one attached hydrogen (secondary N) is 1. The van der Waals surface area contributed by atoms with Gasteiger partial charge in [-0.2, -0.15) is 15.8 Å². The largest absolute Gasteiger partial charge is 0.497 e. The quantitative estimate of drug-likeness (QED) is 0.424. The van der Waals surface area contributed by atoms with E-state index in [0.717, 1.165) is 0 Å². The molecule has 1 unspecified atom stereocenters. The van der Waals surface area contributed by atoms with Crippen molar-refractivity contribution in [1.82, 2.24) is 0 Å². The molecule has 0 bridgehead atoms. The van der Waals surface area contributed by atoms with E-state index in [9.17, 15) is 9.59 Å². The zero-order chi connectivity index (χ0) is 22.1. The van der Waals surface area contributed by atoms with Gasteiger partial charge in [0.15, 0.2) is 11.7 Å². The molecule has 0 saturated heterocycles. The molecule has 8 heteroatoms. The zero-order valence-electron chi connectivity index (χ0n) is 16.2. The van der Waals surface area contributed by atoms with E-state index in [4.69, 9.17) is 25.3 Å². The van der Waals surface area contributed by atoms with E-state index >= 15 is 0 Å². The van der Waals surface area contributed by atoms with Gasteiger partial charge in [0.1, 0.15) is 29.7 Å². The molecule has 0 saturated carbocycles. The number of ketones is 1. The first-order chi connectivity index (χ1) is 14.4. The monoisotopic (exact) mass is 400 g/mol. The van der Waals surface area contributed by atoms with Crippen molar-refractivity contribution in [3.63, 3.8) is 0 Å². The number of hydrogen-bond acceptors (Lipinski definition) is 8. The van der Waals surface area contributed by atoms with Gasteiger partial charge in [-0.3, -0.25) is 4.79 Å². The van der Waals surface area contributed by atoms with Crippen LogP contribution in [0.5, 0.6) is 5.75 Å². The number of nitriles is 3. The molecular formula is C22H16N4O4. The fourth-order valence-corrected chi connectivity index (χ4v) is 2.39. The molecule has 0 fully saturated rings. The fourth-order valence-electron chi connectivity index (χ4n) is 2.39. The number of Topliss-reactive ketones (excluding diaryl/α,β-unsaturated/α-hetero) is 1. The van der Waals surface area contributed by atoms with Gasteiger partial charge in [0.05, 0.1) is 12.7 Å². The van der Waals surface area contributed by atoms with Gasteiger partial charge < -0.3 is 14.8 Å². The first-order valence-corrected chi connectivity index (χ1v) is 8.64. The van der Waals surface area contributed by atoms with Crippen molar-refractivity contribution in [2.45, 2.75) is 13.0 Å². The lowest BCUT2D eigenvalue weighted by Crippen LogP contribution is -2.24. The summed E-state index contributed by atoms with van der Waals surface area (Å²) >= 11 is 0. The molecule has 2 aromatic carbocycles. The van der Waals surface area contributed by atoms with Crippen molar-refractivity contribution in [3.8, 4) is 24.0 Å². The van der Waals surface area contributed by atoms with E-state index in [1.807, 2.05) is 0 Å². The molecule has 30 heavy (non-hydrogen) atoms. The molecule has 8 nitrogen and oxygen atoms in total. The fraction of sp³-hybridized carbons (Fsp3) is 0.136. The van der Waals surface area contributed by atoms with Gasteiger partial charge in [0.25, 0.3) is 0 Å². The van der Waals surface area contributed by atoms with E-state index in [1.54, 1.807) is 42.5 Å². The first-order valence-electron chi connectivity index (χ1n) is 8.64. The summed E-state index contributed by atoms with van der Waals surface area (Å²) in [6.45, 7) is 1.48. The molecule has 0 aliphatic rings. The molecule has 0 spiro atoms. The van der Waals surface area contributed by atoms with Crippen LogP contribution in [0.1, 0.15) is 27.6 Å². The molecule has 148 valence electrons. The third-order valence-corrected chi connectivity index (χ3v) is 4.00. The van der Waals surface area contributed by atoms with Crippen LogP contribution in [0.15, 0.2) is 59.8 Å². The maximum absolute atomic E-state index is 12.4. The molecule has 1 N–H and O–H groups in total. The van der Waals surface area contributed by atoms with Crippen molar-refractivity contribution in [2.24, 2.45) is 0 Å².